The van der Waals surface area contributed by atoms with Gasteiger partial charge in [0, 0.05) is 18.2 Å². The summed E-state index contributed by atoms with van der Waals surface area (Å²) in [5, 5.41) is 2.11. The molecule has 0 bridgehead atoms. The second-order valence-electron chi connectivity index (χ2n) is 4.62. The zero-order valence-corrected chi connectivity index (χ0v) is 10.8. The highest BCUT2D eigenvalue weighted by Gasteiger charge is 2.25. The van der Waals surface area contributed by atoms with Crippen LogP contribution in [0.1, 0.15) is 42.6 Å². The molecule has 2 aromatic rings. The van der Waals surface area contributed by atoms with Gasteiger partial charge >= 0.3 is 0 Å². The third kappa shape index (κ3) is 1.81. The number of nitrogens with one attached hydrogen (secondary N) is 1. The predicted molar refractivity (Wildman–Crippen MR) is 71.1 cm³/mol. The predicted octanol–water partition coefficient (Wildman–Crippen LogP) is 3.04. The standard InChI is InChI=1S/C13H17N3S/c1-2-9-3-4-10-12(9)16-13(15-10)11-5-8(6-14)7-17-11/h5,7,9H,2-4,6,14H2,1H3,(H,15,16). The van der Waals surface area contributed by atoms with E-state index in [0.29, 0.717) is 12.5 Å². The van der Waals surface area contributed by atoms with Gasteiger partial charge in [0.25, 0.3) is 0 Å². The molecule has 17 heavy (non-hydrogen) atoms. The molecule has 4 heteroatoms. The van der Waals surface area contributed by atoms with Crippen molar-refractivity contribution < 1.29 is 0 Å². The second kappa shape index (κ2) is 4.27. The Morgan fingerprint density at radius 3 is 3.18 bits per heavy atom. The third-order valence-electron chi connectivity index (χ3n) is 3.56. The summed E-state index contributed by atoms with van der Waals surface area (Å²) >= 11 is 1.72. The number of H-pyrrole nitrogens is 1. The van der Waals surface area contributed by atoms with Crippen LogP contribution in [-0.4, -0.2) is 9.97 Å². The molecule has 0 saturated carbocycles. The molecule has 0 aliphatic heterocycles. The smallest absolute Gasteiger partial charge is 0.147 e. The Balaban J connectivity index is 1.95. The maximum atomic E-state index is 5.63. The van der Waals surface area contributed by atoms with Crippen LogP contribution in [0.3, 0.4) is 0 Å². The lowest BCUT2D eigenvalue weighted by Crippen LogP contribution is -1.93. The molecule has 0 amide bonds. The molecule has 1 atom stereocenters. The maximum absolute atomic E-state index is 5.63. The van der Waals surface area contributed by atoms with Gasteiger partial charge in [0.15, 0.2) is 0 Å². The Morgan fingerprint density at radius 1 is 1.59 bits per heavy atom. The maximum Gasteiger partial charge on any atom is 0.147 e. The summed E-state index contributed by atoms with van der Waals surface area (Å²) in [6, 6.07) is 2.14. The quantitative estimate of drug-likeness (QED) is 0.876. The lowest BCUT2D eigenvalue weighted by molar-refractivity contribution is 0.641. The molecular formula is C13H17N3S. The summed E-state index contributed by atoms with van der Waals surface area (Å²) in [7, 11) is 0. The first-order valence-electron chi connectivity index (χ1n) is 6.18. The molecule has 0 spiro atoms. The van der Waals surface area contributed by atoms with Crippen LogP contribution < -0.4 is 5.73 Å². The number of fused-ring (bicyclic) bond motifs is 1. The van der Waals surface area contributed by atoms with Crippen LogP contribution in [0.25, 0.3) is 10.7 Å². The number of nitrogens with two attached hydrogens (primary N) is 1. The first kappa shape index (κ1) is 11.0. The van der Waals surface area contributed by atoms with Gasteiger partial charge in [0.05, 0.1) is 10.6 Å². The van der Waals surface area contributed by atoms with E-state index in [2.05, 4.69) is 23.4 Å². The minimum Gasteiger partial charge on any atom is -0.341 e. The van der Waals surface area contributed by atoms with Crippen LogP contribution in [0.5, 0.6) is 0 Å². The van der Waals surface area contributed by atoms with Crippen molar-refractivity contribution in [1.82, 2.24) is 9.97 Å². The van der Waals surface area contributed by atoms with Crippen molar-refractivity contribution in [3.63, 3.8) is 0 Å². The lowest BCUT2D eigenvalue weighted by Gasteiger charge is -2.02. The SMILES string of the molecule is CCC1CCc2[nH]c(-c3cc(CN)cs3)nc21. The van der Waals surface area contributed by atoms with Gasteiger partial charge in [0.1, 0.15) is 5.82 Å². The van der Waals surface area contributed by atoms with E-state index in [0.717, 1.165) is 12.2 Å². The molecule has 0 fully saturated rings. The average Bonchev–Trinajstić information content (AvgIpc) is 3.02. The number of nitrogens with zero attached hydrogens (tertiary/aromatic N) is 1. The number of aryl methyl sites for hydroxylation is 1. The largest absolute Gasteiger partial charge is 0.341 e. The summed E-state index contributed by atoms with van der Waals surface area (Å²) in [4.78, 5) is 9.45. The minimum absolute atomic E-state index is 0.606. The Morgan fingerprint density at radius 2 is 2.47 bits per heavy atom. The van der Waals surface area contributed by atoms with E-state index < -0.39 is 0 Å². The highest BCUT2D eigenvalue weighted by Crippen LogP contribution is 2.36. The monoisotopic (exact) mass is 247 g/mol. The summed E-state index contributed by atoms with van der Waals surface area (Å²) in [5.74, 6) is 1.68. The second-order valence-corrected chi connectivity index (χ2v) is 5.53. The fraction of sp³-hybridized carbons (Fsp3) is 0.462. The number of hydrogen-bond donors (Lipinski definition) is 2. The van der Waals surface area contributed by atoms with E-state index in [1.165, 1.54) is 34.7 Å². The zero-order valence-electron chi connectivity index (χ0n) is 9.99. The van der Waals surface area contributed by atoms with Crippen molar-refractivity contribution in [2.24, 2.45) is 5.73 Å². The molecule has 3 N–H and O–H groups in total. The molecule has 0 radical (unpaired) electrons. The van der Waals surface area contributed by atoms with Crippen molar-refractivity contribution in [3.05, 3.63) is 28.4 Å². The van der Waals surface area contributed by atoms with Gasteiger partial charge in [-0.3, -0.25) is 0 Å². The average molecular weight is 247 g/mol. The third-order valence-corrected chi connectivity index (χ3v) is 4.54. The Hall–Kier alpha value is -1.13. The lowest BCUT2D eigenvalue weighted by atomic mass is 10.1. The molecule has 1 unspecified atom stereocenters. The van der Waals surface area contributed by atoms with Crippen LogP contribution in [0.15, 0.2) is 11.4 Å². The zero-order chi connectivity index (χ0) is 11.8. The number of aromatic amines is 1. The molecule has 3 rings (SSSR count). The van der Waals surface area contributed by atoms with E-state index >= 15 is 0 Å². The Kier molecular flexibility index (Phi) is 2.76. The first-order chi connectivity index (χ1) is 8.31. The fourth-order valence-electron chi connectivity index (χ4n) is 2.53. The van der Waals surface area contributed by atoms with Gasteiger partial charge in [-0.1, -0.05) is 6.92 Å². The summed E-state index contributed by atoms with van der Waals surface area (Å²) in [6.45, 7) is 2.85. The molecule has 2 heterocycles. The van der Waals surface area contributed by atoms with Gasteiger partial charge in [-0.25, -0.2) is 4.98 Å². The van der Waals surface area contributed by atoms with Crippen molar-refractivity contribution in [3.8, 4) is 10.7 Å². The van der Waals surface area contributed by atoms with Gasteiger partial charge in [-0.2, -0.15) is 0 Å². The van der Waals surface area contributed by atoms with Crippen molar-refractivity contribution >= 4 is 11.3 Å². The number of aromatic nitrogens is 2. The van der Waals surface area contributed by atoms with Crippen LogP contribution in [0.4, 0.5) is 0 Å². The number of thiophene rings is 1. The Labute approximate surface area is 105 Å². The number of imidazole rings is 1. The summed E-state index contributed by atoms with van der Waals surface area (Å²) < 4.78 is 0. The number of rotatable bonds is 3. The van der Waals surface area contributed by atoms with Gasteiger partial charge in [0.2, 0.25) is 0 Å². The van der Waals surface area contributed by atoms with Gasteiger partial charge in [-0.05, 0) is 36.3 Å². The van der Waals surface area contributed by atoms with Crippen LogP contribution in [0, 0.1) is 0 Å². The minimum atomic E-state index is 0.606. The van der Waals surface area contributed by atoms with E-state index in [1.54, 1.807) is 11.3 Å². The van der Waals surface area contributed by atoms with Crippen LogP contribution in [-0.2, 0) is 13.0 Å². The topological polar surface area (TPSA) is 54.7 Å². The molecule has 90 valence electrons. The highest BCUT2D eigenvalue weighted by molar-refractivity contribution is 7.13. The molecule has 2 aromatic heterocycles. The fourth-order valence-corrected chi connectivity index (χ4v) is 3.40. The van der Waals surface area contributed by atoms with Crippen molar-refractivity contribution in [1.29, 1.82) is 0 Å². The summed E-state index contributed by atoms with van der Waals surface area (Å²) in [6.07, 6.45) is 3.59. The molecular weight excluding hydrogens is 230 g/mol. The highest BCUT2D eigenvalue weighted by atomic mass is 32.1. The van der Waals surface area contributed by atoms with Crippen LogP contribution in [0.2, 0.25) is 0 Å². The van der Waals surface area contributed by atoms with E-state index in [4.69, 9.17) is 10.7 Å². The van der Waals surface area contributed by atoms with Gasteiger partial charge in [-0.15, -0.1) is 11.3 Å². The molecule has 3 nitrogen and oxygen atoms in total. The molecule has 1 aliphatic carbocycles. The molecule has 0 saturated heterocycles. The van der Waals surface area contributed by atoms with Crippen molar-refractivity contribution in [2.75, 3.05) is 0 Å². The van der Waals surface area contributed by atoms with Crippen LogP contribution >= 0.6 is 11.3 Å². The van der Waals surface area contributed by atoms with E-state index in [-0.39, 0.29) is 0 Å². The van der Waals surface area contributed by atoms with E-state index in [1.807, 2.05) is 0 Å². The Bertz CT molecular complexity index is 527. The number of hydrogen-bond acceptors (Lipinski definition) is 3. The summed E-state index contributed by atoms with van der Waals surface area (Å²) in [5.41, 5.74) is 9.46. The van der Waals surface area contributed by atoms with E-state index in [9.17, 15) is 0 Å². The normalized spacial score (nSPS) is 18.6. The first-order valence-corrected chi connectivity index (χ1v) is 7.06. The molecule has 1 aliphatic rings. The van der Waals surface area contributed by atoms with Crippen molar-refractivity contribution in [2.45, 2.75) is 38.6 Å². The molecule has 0 aromatic carbocycles. The van der Waals surface area contributed by atoms with Gasteiger partial charge < -0.3 is 10.7 Å².